The van der Waals surface area contributed by atoms with Gasteiger partial charge in [0.1, 0.15) is 0 Å². The highest BCUT2D eigenvalue weighted by Gasteiger charge is 2.03. The first-order valence-corrected chi connectivity index (χ1v) is 5.62. The highest BCUT2D eigenvalue weighted by molar-refractivity contribution is 5.57. The molecule has 0 saturated carbocycles. The van der Waals surface area contributed by atoms with Crippen molar-refractivity contribution < 1.29 is 0 Å². The molecule has 0 aliphatic heterocycles. The summed E-state index contributed by atoms with van der Waals surface area (Å²) in [6.45, 7) is 5.10. The van der Waals surface area contributed by atoms with Gasteiger partial charge in [0.25, 0.3) is 0 Å². The third-order valence-corrected chi connectivity index (χ3v) is 2.75. The Labute approximate surface area is 95.9 Å². The minimum absolute atomic E-state index is 0.790. The van der Waals surface area contributed by atoms with E-state index >= 15 is 0 Å². The van der Waals surface area contributed by atoms with Crippen molar-refractivity contribution >= 4 is 5.69 Å². The van der Waals surface area contributed by atoms with Crippen molar-refractivity contribution in [3.63, 3.8) is 0 Å². The van der Waals surface area contributed by atoms with Gasteiger partial charge in [-0.2, -0.15) is 5.10 Å². The van der Waals surface area contributed by atoms with Crippen molar-refractivity contribution in [2.75, 3.05) is 5.32 Å². The van der Waals surface area contributed by atoms with Gasteiger partial charge in [0, 0.05) is 11.9 Å². The van der Waals surface area contributed by atoms with Crippen LogP contribution in [0.3, 0.4) is 0 Å². The molecule has 2 rings (SSSR count). The molecule has 0 spiro atoms. The summed E-state index contributed by atoms with van der Waals surface area (Å²) in [4.78, 5) is 0. The molecule has 16 heavy (non-hydrogen) atoms. The monoisotopic (exact) mass is 215 g/mol. The second kappa shape index (κ2) is 4.84. The van der Waals surface area contributed by atoms with E-state index < -0.39 is 0 Å². The van der Waals surface area contributed by atoms with Gasteiger partial charge in [0.2, 0.25) is 0 Å². The van der Waals surface area contributed by atoms with Crippen molar-refractivity contribution in [2.45, 2.75) is 26.8 Å². The van der Waals surface area contributed by atoms with Crippen LogP contribution < -0.4 is 5.32 Å². The fourth-order valence-corrected chi connectivity index (χ4v) is 1.84. The largest absolute Gasteiger partial charge is 0.379 e. The first kappa shape index (κ1) is 10.7. The Hall–Kier alpha value is -1.77. The predicted octanol–water partition coefficient (Wildman–Crippen LogP) is 2.89. The number of aryl methyl sites for hydroxylation is 2. The van der Waals surface area contributed by atoms with Crippen LogP contribution in [0.15, 0.2) is 30.5 Å². The summed E-state index contributed by atoms with van der Waals surface area (Å²) in [5.41, 5.74) is 5.00. The molecule has 0 saturated heterocycles. The van der Waals surface area contributed by atoms with Crippen LogP contribution in [0.1, 0.15) is 23.7 Å². The fraction of sp³-hybridized carbons (Fsp3) is 0.308. The molecule has 2 N–H and O–H groups in total. The summed E-state index contributed by atoms with van der Waals surface area (Å²) in [5, 5.41) is 10.3. The first-order chi connectivity index (χ1) is 7.81. The molecule has 2 aromatic rings. The van der Waals surface area contributed by atoms with Crippen LogP contribution in [0.5, 0.6) is 0 Å². The maximum atomic E-state index is 3.93. The van der Waals surface area contributed by atoms with E-state index in [1.54, 1.807) is 6.20 Å². The van der Waals surface area contributed by atoms with Crippen molar-refractivity contribution in [2.24, 2.45) is 0 Å². The van der Waals surface area contributed by atoms with E-state index in [1.807, 2.05) is 6.07 Å². The van der Waals surface area contributed by atoms with E-state index in [1.165, 1.54) is 16.8 Å². The molecule has 0 radical (unpaired) electrons. The second-order valence-electron chi connectivity index (χ2n) is 3.90. The summed E-state index contributed by atoms with van der Waals surface area (Å²) >= 11 is 0. The van der Waals surface area contributed by atoms with Crippen molar-refractivity contribution in [1.82, 2.24) is 10.2 Å². The minimum Gasteiger partial charge on any atom is -0.379 e. The van der Waals surface area contributed by atoms with Gasteiger partial charge < -0.3 is 5.32 Å². The van der Waals surface area contributed by atoms with E-state index in [0.717, 1.165) is 18.7 Å². The standard InChI is InChI=1S/C13H17N3/c1-3-11-6-4-5-10(2)13(11)14-9-12-7-8-15-16-12/h4-8,14H,3,9H2,1-2H3,(H,15,16). The number of anilines is 1. The Balaban J connectivity index is 2.14. The van der Waals surface area contributed by atoms with E-state index in [4.69, 9.17) is 0 Å². The fourth-order valence-electron chi connectivity index (χ4n) is 1.84. The van der Waals surface area contributed by atoms with Crippen molar-refractivity contribution in [3.8, 4) is 0 Å². The van der Waals surface area contributed by atoms with Gasteiger partial charge in [0.05, 0.1) is 12.2 Å². The molecule has 1 aromatic carbocycles. The zero-order chi connectivity index (χ0) is 11.4. The van der Waals surface area contributed by atoms with Gasteiger partial charge in [-0.05, 0) is 30.5 Å². The Morgan fingerprint density at radius 2 is 2.19 bits per heavy atom. The quantitative estimate of drug-likeness (QED) is 0.823. The lowest BCUT2D eigenvalue weighted by Gasteiger charge is -2.13. The summed E-state index contributed by atoms with van der Waals surface area (Å²) in [6, 6.07) is 8.39. The topological polar surface area (TPSA) is 40.7 Å². The number of hydrogen-bond donors (Lipinski definition) is 2. The molecule has 0 bridgehead atoms. The number of H-pyrrole nitrogens is 1. The molecule has 1 heterocycles. The van der Waals surface area contributed by atoms with Crippen molar-refractivity contribution in [1.29, 1.82) is 0 Å². The van der Waals surface area contributed by atoms with Crippen LogP contribution in [0.4, 0.5) is 5.69 Å². The maximum Gasteiger partial charge on any atom is 0.0567 e. The normalized spacial score (nSPS) is 10.4. The second-order valence-corrected chi connectivity index (χ2v) is 3.90. The number of hydrogen-bond acceptors (Lipinski definition) is 2. The number of nitrogens with zero attached hydrogens (tertiary/aromatic N) is 1. The van der Waals surface area contributed by atoms with Crippen LogP contribution >= 0.6 is 0 Å². The highest BCUT2D eigenvalue weighted by atomic mass is 15.1. The van der Waals surface area contributed by atoms with Crippen LogP contribution in [-0.2, 0) is 13.0 Å². The zero-order valence-corrected chi connectivity index (χ0v) is 9.75. The van der Waals surface area contributed by atoms with Crippen LogP contribution in [0, 0.1) is 6.92 Å². The molecule has 3 nitrogen and oxygen atoms in total. The Morgan fingerprint density at radius 1 is 1.31 bits per heavy atom. The Bertz CT molecular complexity index is 446. The third-order valence-electron chi connectivity index (χ3n) is 2.75. The molecule has 3 heteroatoms. The van der Waals surface area contributed by atoms with Crippen LogP contribution in [0.2, 0.25) is 0 Å². The number of nitrogens with one attached hydrogen (secondary N) is 2. The third kappa shape index (κ3) is 2.24. The summed E-state index contributed by atoms with van der Waals surface area (Å²) in [7, 11) is 0. The van der Waals surface area contributed by atoms with Crippen molar-refractivity contribution in [3.05, 3.63) is 47.3 Å². The van der Waals surface area contributed by atoms with Gasteiger partial charge >= 0.3 is 0 Å². The number of aromatic amines is 1. The van der Waals surface area contributed by atoms with E-state index in [0.29, 0.717) is 0 Å². The number of rotatable bonds is 4. The molecule has 0 fully saturated rings. The molecule has 1 aromatic heterocycles. The first-order valence-electron chi connectivity index (χ1n) is 5.62. The summed E-state index contributed by atoms with van der Waals surface area (Å²) in [5.74, 6) is 0. The van der Waals surface area contributed by atoms with Gasteiger partial charge in [-0.15, -0.1) is 0 Å². The van der Waals surface area contributed by atoms with Gasteiger partial charge in [-0.25, -0.2) is 0 Å². The molecule has 84 valence electrons. The van der Waals surface area contributed by atoms with E-state index in [-0.39, 0.29) is 0 Å². The van der Waals surface area contributed by atoms with Crippen LogP contribution in [-0.4, -0.2) is 10.2 Å². The minimum atomic E-state index is 0.790. The smallest absolute Gasteiger partial charge is 0.0567 e. The molecule has 0 aliphatic carbocycles. The Kier molecular flexibility index (Phi) is 3.25. The lowest BCUT2D eigenvalue weighted by Crippen LogP contribution is -2.04. The predicted molar refractivity (Wildman–Crippen MR) is 66.5 cm³/mol. The maximum absolute atomic E-state index is 3.93. The molecule has 0 atom stereocenters. The van der Waals surface area contributed by atoms with Gasteiger partial charge in [-0.3, -0.25) is 5.10 Å². The number of aromatic nitrogens is 2. The van der Waals surface area contributed by atoms with Crippen LogP contribution in [0.25, 0.3) is 0 Å². The Morgan fingerprint density at radius 3 is 2.88 bits per heavy atom. The lowest BCUT2D eigenvalue weighted by molar-refractivity contribution is 0.974. The molecule has 0 amide bonds. The highest BCUT2D eigenvalue weighted by Crippen LogP contribution is 2.21. The lowest BCUT2D eigenvalue weighted by atomic mass is 10.1. The van der Waals surface area contributed by atoms with E-state index in [9.17, 15) is 0 Å². The van der Waals surface area contributed by atoms with Gasteiger partial charge in [-0.1, -0.05) is 25.1 Å². The SMILES string of the molecule is CCc1cccc(C)c1NCc1ccn[nH]1. The average Bonchev–Trinajstić information content (AvgIpc) is 2.80. The summed E-state index contributed by atoms with van der Waals surface area (Å²) < 4.78 is 0. The zero-order valence-electron chi connectivity index (χ0n) is 9.75. The molecule has 0 unspecified atom stereocenters. The number of benzene rings is 1. The van der Waals surface area contributed by atoms with E-state index in [2.05, 4.69) is 47.6 Å². The molecular weight excluding hydrogens is 198 g/mol. The number of para-hydroxylation sites is 1. The average molecular weight is 215 g/mol. The molecule has 0 aliphatic rings. The molecular formula is C13H17N3. The van der Waals surface area contributed by atoms with Gasteiger partial charge in [0.15, 0.2) is 0 Å². The summed E-state index contributed by atoms with van der Waals surface area (Å²) in [6.07, 6.45) is 2.82.